The van der Waals surface area contributed by atoms with Gasteiger partial charge in [0.15, 0.2) is 0 Å². The number of aromatic nitrogens is 2. The molecular formula is C13H12ClN3O. The van der Waals surface area contributed by atoms with Gasteiger partial charge < -0.3 is 15.1 Å². The highest BCUT2D eigenvalue weighted by Crippen LogP contribution is 2.29. The Kier molecular flexibility index (Phi) is 2.52. The topological polar surface area (TPSA) is 67.8 Å². The number of anilines is 1. The molecule has 92 valence electrons. The van der Waals surface area contributed by atoms with Crippen LogP contribution in [0.15, 0.2) is 28.9 Å². The van der Waals surface area contributed by atoms with Crippen LogP contribution < -0.4 is 5.73 Å². The van der Waals surface area contributed by atoms with E-state index in [0.29, 0.717) is 10.7 Å². The summed E-state index contributed by atoms with van der Waals surface area (Å²) in [6, 6.07) is 5.41. The maximum absolute atomic E-state index is 5.97. The van der Waals surface area contributed by atoms with Crippen molar-refractivity contribution >= 4 is 28.3 Å². The molecule has 0 spiro atoms. The number of imidazole rings is 1. The lowest BCUT2D eigenvalue weighted by molar-refractivity contribution is 0.517. The van der Waals surface area contributed by atoms with E-state index >= 15 is 0 Å². The monoisotopic (exact) mass is 261 g/mol. The van der Waals surface area contributed by atoms with Crippen LogP contribution >= 0.6 is 11.6 Å². The summed E-state index contributed by atoms with van der Waals surface area (Å²) in [5.74, 6) is 1.66. The molecule has 0 bridgehead atoms. The van der Waals surface area contributed by atoms with Gasteiger partial charge in [-0.25, -0.2) is 4.98 Å². The molecule has 2 aromatic heterocycles. The van der Waals surface area contributed by atoms with Crippen molar-refractivity contribution in [3.05, 3.63) is 35.2 Å². The molecule has 0 saturated carbocycles. The number of furan rings is 1. The SMILES string of the molecule is CCc1occc1-c1nc2c(N)cc(Cl)cc2[nH]1. The van der Waals surface area contributed by atoms with Crippen LogP contribution in [-0.4, -0.2) is 9.97 Å². The molecule has 0 radical (unpaired) electrons. The van der Waals surface area contributed by atoms with Crippen LogP contribution in [0.1, 0.15) is 12.7 Å². The van der Waals surface area contributed by atoms with Crippen LogP contribution in [0.5, 0.6) is 0 Å². The summed E-state index contributed by atoms with van der Waals surface area (Å²) in [5.41, 5.74) is 9.00. The molecule has 1 aromatic carbocycles. The lowest BCUT2D eigenvalue weighted by Crippen LogP contribution is -1.86. The number of benzene rings is 1. The van der Waals surface area contributed by atoms with Gasteiger partial charge in [-0.2, -0.15) is 0 Å². The predicted molar refractivity (Wildman–Crippen MR) is 72.6 cm³/mol. The largest absolute Gasteiger partial charge is 0.469 e. The summed E-state index contributed by atoms with van der Waals surface area (Å²) in [7, 11) is 0. The second-order valence-corrected chi connectivity index (χ2v) is 4.52. The first kappa shape index (κ1) is 11.2. The minimum atomic E-state index is 0.571. The minimum absolute atomic E-state index is 0.571. The van der Waals surface area contributed by atoms with Gasteiger partial charge in [0.05, 0.1) is 23.0 Å². The van der Waals surface area contributed by atoms with Gasteiger partial charge in [0, 0.05) is 11.4 Å². The number of fused-ring (bicyclic) bond motifs is 1. The Morgan fingerprint density at radius 3 is 3.06 bits per heavy atom. The van der Waals surface area contributed by atoms with Crippen molar-refractivity contribution in [3.63, 3.8) is 0 Å². The molecular weight excluding hydrogens is 250 g/mol. The Hall–Kier alpha value is -1.94. The summed E-state index contributed by atoms with van der Waals surface area (Å²) >= 11 is 5.97. The Balaban J connectivity index is 2.22. The third-order valence-electron chi connectivity index (χ3n) is 2.90. The van der Waals surface area contributed by atoms with Gasteiger partial charge in [0.25, 0.3) is 0 Å². The van der Waals surface area contributed by atoms with E-state index in [9.17, 15) is 0 Å². The lowest BCUT2D eigenvalue weighted by atomic mass is 10.2. The predicted octanol–water partition coefficient (Wildman–Crippen LogP) is 3.62. The number of nitrogen functional groups attached to an aromatic ring is 1. The first-order valence-electron chi connectivity index (χ1n) is 5.70. The van der Waals surface area contributed by atoms with Crippen molar-refractivity contribution in [1.82, 2.24) is 9.97 Å². The standard InChI is InChI=1S/C13H12ClN3O/c1-2-11-8(3-4-18-11)13-16-10-6-7(14)5-9(15)12(10)17-13/h3-6H,2,15H2,1H3,(H,16,17). The van der Waals surface area contributed by atoms with Gasteiger partial charge in [-0.15, -0.1) is 0 Å². The fourth-order valence-electron chi connectivity index (χ4n) is 2.06. The second kappa shape index (κ2) is 4.07. The number of aromatic amines is 1. The average molecular weight is 262 g/mol. The lowest BCUT2D eigenvalue weighted by Gasteiger charge is -1.94. The van der Waals surface area contributed by atoms with Crippen LogP contribution in [0.3, 0.4) is 0 Å². The van der Waals surface area contributed by atoms with E-state index in [0.717, 1.165) is 34.6 Å². The summed E-state index contributed by atoms with van der Waals surface area (Å²) in [6.07, 6.45) is 2.48. The quantitative estimate of drug-likeness (QED) is 0.692. The van der Waals surface area contributed by atoms with E-state index in [4.69, 9.17) is 21.8 Å². The van der Waals surface area contributed by atoms with Gasteiger partial charge in [-0.3, -0.25) is 0 Å². The third kappa shape index (κ3) is 1.66. The molecule has 3 aromatic rings. The van der Waals surface area contributed by atoms with Crippen LogP contribution in [0.4, 0.5) is 5.69 Å². The minimum Gasteiger partial charge on any atom is -0.469 e. The van der Waals surface area contributed by atoms with E-state index in [1.54, 1.807) is 12.3 Å². The van der Waals surface area contributed by atoms with E-state index in [2.05, 4.69) is 9.97 Å². The molecule has 0 amide bonds. The number of rotatable bonds is 2. The maximum Gasteiger partial charge on any atom is 0.142 e. The smallest absolute Gasteiger partial charge is 0.142 e. The molecule has 4 nitrogen and oxygen atoms in total. The number of hydrogen-bond acceptors (Lipinski definition) is 3. The van der Waals surface area contributed by atoms with Crippen molar-refractivity contribution < 1.29 is 4.42 Å². The highest BCUT2D eigenvalue weighted by atomic mass is 35.5. The van der Waals surface area contributed by atoms with Gasteiger partial charge in [0.2, 0.25) is 0 Å². The van der Waals surface area contributed by atoms with Crippen molar-refractivity contribution in [2.24, 2.45) is 0 Å². The van der Waals surface area contributed by atoms with Gasteiger partial charge in [-0.1, -0.05) is 18.5 Å². The van der Waals surface area contributed by atoms with E-state index in [1.165, 1.54) is 0 Å². The zero-order chi connectivity index (χ0) is 12.7. The molecule has 5 heteroatoms. The number of H-pyrrole nitrogens is 1. The molecule has 0 saturated heterocycles. The molecule has 0 aliphatic heterocycles. The molecule has 0 atom stereocenters. The summed E-state index contributed by atoms with van der Waals surface area (Å²) in [5, 5.41) is 0.595. The Bertz CT molecular complexity index is 714. The van der Waals surface area contributed by atoms with Crippen LogP contribution in [-0.2, 0) is 6.42 Å². The number of hydrogen-bond donors (Lipinski definition) is 2. The molecule has 0 unspecified atom stereocenters. The molecule has 18 heavy (non-hydrogen) atoms. The average Bonchev–Trinajstić information content (AvgIpc) is 2.92. The fourth-order valence-corrected chi connectivity index (χ4v) is 2.29. The Labute approximate surface area is 109 Å². The van der Waals surface area contributed by atoms with Crippen molar-refractivity contribution in [3.8, 4) is 11.4 Å². The van der Waals surface area contributed by atoms with Crippen LogP contribution in [0.2, 0.25) is 5.02 Å². The van der Waals surface area contributed by atoms with Gasteiger partial charge in [0.1, 0.15) is 17.1 Å². The number of nitrogens with one attached hydrogen (secondary N) is 1. The van der Waals surface area contributed by atoms with Crippen LogP contribution in [0, 0.1) is 0 Å². The number of nitrogens with zero attached hydrogens (tertiary/aromatic N) is 1. The van der Waals surface area contributed by atoms with Crippen molar-refractivity contribution in [1.29, 1.82) is 0 Å². The fraction of sp³-hybridized carbons (Fsp3) is 0.154. The molecule has 0 fully saturated rings. The Morgan fingerprint density at radius 2 is 2.28 bits per heavy atom. The number of aryl methyl sites for hydroxylation is 1. The first-order chi connectivity index (χ1) is 8.69. The second-order valence-electron chi connectivity index (χ2n) is 4.09. The zero-order valence-electron chi connectivity index (χ0n) is 9.83. The molecule has 0 aliphatic rings. The van der Waals surface area contributed by atoms with Crippen molar-refractivity contribution in [2.75, 3.05) is 5.73 Å². The first-order valence-corrected chi connectivity index (χ1v) is 6.08. The van der Waals surface area contributed by atoms with E-state index < -0.39 is 0 Å². The summed E-state index contributed by atoms with van der Waals surface area (Å²) in [6.45, 7) is 2.04. The number of nitrogens with two attached hydrogens (primary N) is 1. The normalized spacial score (nSPS) is 11.2. The van der Waals surface area contributed by atoms with Crippen LogP contribution in [0.25, 0.3) is 22.4 Å². The highest BCUT2D eigenvalue weighted by Gasteiger charge is 2.13. The highest BCUT2D eigenvalue weighted by molar-refractivity contribution is 6.31. The summed E-state index contributed by atoms with van der Waals surface area (Å²) in [4.78, 5) is 7.72. The number of halogens is 1. The van der Waals surface area contributed by atoms with E-state index in [-0.39, 0.29) is 0 Å². The molecule has 0 aliphatic carbocycles. The van der Waals surface area contributed by atoms with E-state index in [1.807, 2.05) is 19.1 Å². The van der Waals surface area contributed by atoms with Gasteiger partial charge >= 0.3 is 0 Å². The van der Waals surface area contributed by atoms with Gasteiger partial charge in [-0.05, 0) is 18.2 Å². The molecule has 3 N–H and O–H groups in total. The Morgan fingerprint density at radius 1 is 1.44 bits per heavy atom. The zero-order valence-corrected chi connectivity index (χ0v) is 10.6. The molecule has 2 heterocycles. The summed E-state index contributed by atoms with van der Waals surface area (Å²) < 4.78 is 5.40. The molecule has 3 rings (SSSR count). The third-order valence-corrected chi connectivity index (χ3v) is 3.12. The van der Waals surface area contributed by atoms with Crippen molar-refractivity contribution in [2.45, 2.75) is 13.3 Å². The maximum atomic E-state index is 5.97.